The molecule has 7 nitrogen and oxygen atoms in total. The van der Waals surface area contributed by atoms with Crippen molar-refractivity contribution in [2.75, 3.05) is 10.8 Å². The van der Waals surface area contributed by atoms with E-state index >= 15 is 0 Å². The predicted molar refractivity (Wildman–Crippen MR) is 186 cm³/mol. The topological polar surface area (TPSA) is 86.8 Å². The van der Waals surface area contributed by atoms with Gasteiger partial charge in [0, 0.05) is 34.6 Å². The van der Waals surface area contributed by atoms with Crippen LogP contribution < -0.4 is 9.62 Å². The second-order valence-electron chi connectivity index (χ2n) is 11.4. The van der Waals surface area contributed by atoms with Gasteiger partial charge in [-0.05, 0) is 68.7 Å². The van der Waals surface area contributed by atoms with E-state index in [4.69, 9.17) is 23.2 Å². The largest absolute Gasteiger partial charge is 0.352 e. The molecule has 0 aliphatic heterocycles. The lowest BCUT2D eigenvalue weighted by Crippen LogP contribution is -2.54. The molecule has 4 aromatic carbocycles. The highest BCUT2D eigenvalue weighted by atomic mass is 35.5. The molecule has 0 saturated carbocycles. The van der Waals surface area contributed by atoms with Gasteiger partial charge in [-0.2, -0.15) is 0 Å². The quantitative estimate of drug-likeness (QED) is 0.160. The average molecular weight is 681 g/mol. The fraction of sp³-hybridized carbons (Fsp3) is 0.278. The number of sulfonamides is 1. The Labute approximate surface area is 282 Å². The number of anilines is 1. The molecule has 46 heavy (non-hydrogen) atoms. The van der Waals surface area contributed by atoms with Crippen LogP contribution in [0, 0.1) is 13.8 Å². The zero-order valence-corrected chi connectivity index (χ0v) is 28.7. The van der Waals surface area contributed by atoms with Crippen molar-refractivity contribution in [3.63, 3.8) is 0 Å². The summed E-state index contributed by atoms with van der Waals surface area (Å²) in [4.78, 5) is 30.1. The third-order valence-corrected chi connectivity index (χ3v) is 10.4. The monoisotopic (exact) mass is 679 g/mol. The molecule has 0 heterocycles. The van der Waals surface area contributed by atoms with Gasteiger partial charge in [-0.3, -0.25) is 13.9 Å². The predicted octanol–water partition coefficient (Wildman–Crippen LogP) is 7.36. The summed E-state index contributed by atoms with van der Waals surface area (Å²) in [5.41, 5.74) is 3.28. The molecule has 0 fully saturated rings. The molecule has 4 aromatic rings. The fourth-order valence-electron chi connectivity index (χ4n) is 5.17. The summed E-state index contributed by atoms with van der Waals surface area (Å²) in [6, 6.07) is 26.6. The number of halogens is 2. The zero-order valence-electron chi connectivity index (χ0n) is 26.4. The Bertz CT molecular complexity index is 1750. The number of amides is 2. The number of rotatable bonds is 13. The van der Waals surface area contributed by atoms with E-state index in [1.54, 1.807) is 55.5 Å². The SMILES string of the molecule is CC[C@@H](C)NC(=O)[C@H](Cc1ccccc1)N(Cc1c(Cl)cccc1Cl)C(=O)CN(c1ccc(C)cc1C)S(=O)(=O)c1ccccc1. The van der Waals surface area contributed by atoms with Gasteiger partial charge in [0.25, 0.3) is 10.0 Å². The van der Waals surface area contributed by atoms with Gasteiger partial charge >= 0.3 is 0 Å². The Kier molecular flexibility index (Phi) is 11.9. The van der Waals surface area contributed by atoms with Crippen LogP contribution in [-0.2, 0) is 32.6 Å². The normalized spacial score (nSPS) is 12.7. The standard InChI is InChI=1S/C36H39Cl2N3O4S/c1-5-27(4)39-36(43)34(22-28-13-8-6-9-14-28)40(23-30-31(37)17-12-18-32(30)38)35(42)24-41(33-20-19-25(2)21-26(33)3)46(44,45)29-15-10-7-11-16-29/h6-21,27,34H,5,22-24H2,1-4H3,(H,39,43)/t27-,34+/m1/s1. The number of nitrogens with zero attached hydrogens (tertiary/aromatic N) is 2. The van der Waals surface area contributed by atoms with Gasteiger partial charge in [0.2, 0.25) is 11.8 Å². The van der Waals surface area contributed by atoms with Crippen LogP contribution in [-0.4, -0.2) is 43.8 Å². The number of benzene rings is 4. The third-order valence-electron chi connectivity index (χ3n) is 7.89. The van der Waals surface area contributed by atoms with Crippen LogP contribution in [0.15, 0.2) is 102 Å². The molecule has 242 valence electrons. The first-order valence-corrected chi connectivity index (χ1v) is 17.3. The molecule has 0 aliphatic rings. The van der Waals surface area contributed by atoms with Crippen molar-refractivity contribution in [3.8, 4) is 0 Å². The number of hydrogen-bond donors (Lipinski definition) is 1. The van der Waals surface area contributed by atoms with Crippen LogP contribution in [0.5, 0.6) is 0 Å². The van der Waals surface area contributed by atoms with Crippen molar-refractivity contribution >= 4 is 50.7 Å². The van der Waals surface area contributed by atoms with E-state index in [0.29, 0.717) is 33.3 Å². The van der Waals surface area contributed by atoms with E-state index in [1.807, 2.05) is 57.2 Å². The number of aryl methyl sites for hydroxylation is 2. The molecule has 0 saturated heterocycles. The lowest BCUT2D eigenvalue weighted by Gasteiger charge is -2.35. The Balaban J connectivity index is 1.86. The molecule has 2 amide bonds. The minimum absolute atomic E-state index is 0.0406. The lowest BCUT2D eigenvalue weighted by molar-refractivity contribution is -0.140. The second-order valence-corrected chi connectivity index (χ2v) is 14.0. The van der Waals surface area contributed by atoms with Gasteiger partial charge in [-0.15, -0.1) is 0 Å². The van der Waals surface area contributed by atoms with Crippen molar-refractivity contribution in [1.82, 2.24) is 10.2 Å². The van der Waals surface area contributed by atoms with E-state index in [1.165, 1.54) is 17.0 Å². The van der Waals surface area contributed by atoms with Crippen molar-refractivity contribution < 1.29 is 18.0 Å². The van der Waals surface area contributed by atoms with E-state index < -0.39 is 28.5 Å². The van der Waals surface area contributed by atoms with Crippen LogP contribution in [0.25, 0.3) is 0 Å². The first-order valence-electron chi connectivity index (χ1n) is 15.1. The smallest absolute Gasteiger partial charge is 0.264 e. The summed E-state index contributed by atoms with van der Waals surface area (Å²) in [7, 11) is -4.20. The van der Waals surface area contributed by atoms with E-state index in [9.17, 15) is 18.0 Å². The van der Waals surface area contributed by atoms with Gasteiger partial charge in [-0.25, -0.2) is 8.42 Å². The molecule has 2 atom stereocenters. The molecule has 0 bridgehead atoms. The molecule has 1 N–H and O–H groups in total. The summed E-state index contributed by atoms with van der Waals surface area (Å²) in [6.45, 7) is 6.89. The van der Waals surface area contributed by atoms with Crippen molar-refractivity contribution in [2.45, 2.75) is 64.1 Å². The van der Waals surface area contributed by atoms with E-state index in [0.717, 1.165) is 15.4 Å². The van der Waals surface area contributed by atoms with Gasteiger partial charge in [-0.1, -0.05) is 102 Å². The maximum absolute atomic E-state index is 14.7. The highest BCUT2D eigenvalue weighted by Crippen LogP contribution is 2.30. The first-order chi connectivity index (χ1) is 21.9. The van der Waals surface area contributed by atoms with Crippen molar-refractivity contribution in [3.05, 3.63) is 129 Å². The maximum atomic E-state index is 14.7. The summed E-state index contributed by atoms with van der Waals surface area (Å²) < 4.78 is 29.5. The molecule has 0 radical (unpaired) electrons. The van der Waals surface area contributed by atoms with E-state index in [-0.39, 0.29) is 29.8 Å². The minimum Gasteiger partial charge on any atom is -0.352 e. The summed E-state index contributed by atoms with van der Waals surface area (Å²) in [5, 5.41) is 3.68. The van der Waals surface area contributed by atoms with Crippen LogP contribution in [0.2, 0.25) is 10.0 Å². The third kappa shape index (κ3) is 8.49. The van der Waals surface area contributed by atoms with Crippen molar-refractivity contribution in [2.24, 2.45) is 0 Å². The van der Waals surface area contributed by atoms with E-state index in [2.05, 4.69) is 5.32 Å². The molecule has 0 unspecified atom stereocenters. The minimum atomic E-state index is -4.20. The van der Waals surface area contributed by atoms with Gasteiger partial charge in [0.05, 0.1) is 10.6 Å². The summed E-state index contributed by atoms with van der Waals surface area (Å²) in [5.74, 6) is -0.950. The summed E-state index contributed by atoms with van der Waals surface area (Å²) >= 11 is 13.2. The maximum Gasteiger partial charge on any atom is 0.264 e. The van der Waals surface area contributed by atoms with Crippen LogP contribution in [0.3, 0.4) is 0 Å². The first kappa shape index (κ1) is 35.0. The molecule has 0 spiro atoms. The Morgan fingerprint density at radius 3 is 2.04 bits per heavy atom. The second kappa shape index (κ2) is 15.6. The number of nitrogens with one attached hydrogen (secondary N) is 1. The Morgan fingerprint density at radius 2 is 1.46 bits per heavy atom. The van der Waals surface area contributed by atoms with Gasteiger partial charge in [0.15, 0.2) is 0 Å². The molecule has 0 aromatic heterocycles. The highest BCUT2D eigenvalue weighted by Gasteiger charge is 2.36. The molecular formula is C36H39Cl2N3O4S. The van der Waals surface area contributed by atoms with Gasteiger partial charge in [0.1, 0.15) is 12.6 Å². The van der Waals surface area contributed by atoms with Crippen LogP contribution in [0.1, 0.15) is 42.5 Å². The van der Waals surface area contributed by atoms with Gasteiger partial charge < -0.3 is 10.2 Å². The number of carbonyl (C=O) groups excluding carboxylic acids is 2. The molecule has 4 rings (SSSR count). The summed E-state index contributed by atoms with van der Waals surface area (Å²) in [6.07, 6.45) is 0.871. The number of hydrogen-bond acceptors (Lipinski definition) is 4. The molecule has 10 heteroatoms. The highest BCUT2D eigenvalue weighted by molar-refractivity contribution is 7.92. The fourth-order valence-corrected chi connectivity index (χ4v) is 7.18. The number of carbonyl (C=O) groups is 2. The molecule has 0 aliphatic carbocycles. The molecular weight excluding hydrogens is 641 g/mol. The Hall–Kier alpha value is -3.85. The lowest BCUT2D eigenvalue weighted by atomic mass is 10.0. The van der Waals surface area contributed by atoms with Crippen LogP contribution in [0.4, 0.5) is 5.69 Å². The zero-order chi connectivity index (χ0) is 33.4. The van der Waals surface area contributed by atoms with Crippen molar-refractivity contribution in [1.29, 1.82) is 0 Å². The van der Waals surface area contributed by atoms with Crippen LogP contribution >= 0.6 is 23.2 Å². The average Bonchev–Trinajstić information content (AvgIpc) is 3.03. The Morgan fingerprint density at radius 1 is 0.848 bits per heavy atom.